The Hall–Kier alpha value is -1.14. The van der Waals surface area contributed by atoms with Crippen molar-refractivity contribution in [2.75, 3.05) is 33.3 Å². The summed E-state index contributed by atoms with van der Waals surface area (Å²) < 4.78 is 10.7. The van der Waals surface area contributed by atoms with Crippen molar-refractivity contribution in [3.8, 4) is 0 Å². The van der Waals surface area contributed by atoms with Crippen LogP contribution in [-0.4, -0.2) is 73.2 Å². The Morgan fingerprint density at radius 3 is 2.27 bits per heavy atom. The molecule has 3 unspecified atom stereocenters. The highest BCUT2D eigenvalue weighted by Crippen LogP contribution is 2.20. The Morgan fingerprint density at radius 2 is 1.82 bits per heavy atom. The molecule has 1 rings (SSSR count). The van der Waals surface area contributed by atoms with E-state index < -0.39 is 0 Å². The average molecular weight is 314 g/mol. The quantitative estimate of drug-likeness (QED) is 0.688. The Morgan fingerprint density at radius 1 is 1.27 bits per heavy atom. The summed E-state index contributed by atoms with van der Waals surface area (Å²) >= 11 is 0. The molecule has 0 radical (unpaired) electrons. The van der Waals surface area contributed by atoms with E-state index in [1.807, 2.05) is 27.7 Å². The van der Waals surface area contributed by atoms with Gasteiger partial charge in [0.2, 0.25) is 5.91 Å². The van der Waals surface area contributed by atoms with E-state index in [0.717, 1.165) is 13.1 Å². The molecule has 3 atom stereocenters. The van der Waals surface area contributed by atoms with Gasteiger partial charge in [-0.05, 0) is 26.7 Å². The number of ether oxygens (including phenoxy) is 2. The predicted octanol–water partition coefficient (Wildman–Crippen LogP) is 1.14. The van der Waals surface area contributed by atoms with Crippen molar-refractivity contribution in [3.05, 3.63) is 0 Å². The minimum Gasteiger partial charge on any atom is -0.465 e. The van der Waals surface area contributed by atoms with Crippen LogP contribution in [0.1, 0.15) is 34.6 Å². The fourth-order valence-corrected chi connectivity index (χ4v) is 3.01. The van der Waals surface area contributed by atoms with Gasteiger partial charge in [0.1, 0.15) is 6.54 Å². The summed E-state index contributed by atoms with van der Waals surface area (Å²) in [6, 6.07) is -0.242. The Balaban J connectivity index is 2.77. The third kappa shape index (κ3) is 5.25. The number of hydrogen-bond acceptors (Lipinski definition) is 5. The van der Waals surface area contributed by atoms with Gasteiger partial charge in [-0.2, -0.15) is 0 Å². The molecule has 0 aromatic heterocycles. The van der Waals surface area contributed by atoms with Gasteiger partial charge in [-0.1, -0.05) is 13.8 Å². The molecule has 0 N–H and O–H groups in total. The Labute approximate surface area is 133 Å². The number of hydrogen-bond donors (Lipinski definition) is 0. The van der Waals surface area contributed by atoms with Crippen molar-refractivity contribution in [2.24, 2.45) is 5.92 Å². The van der Waals surface area contributed by atoms with E-state index in [9.17, 15) is 9.59 Å². The number of esters is 1. The van der Waals surface area contributed by atoms with E-state index in [1.165, 1.54) is 4.90 Å². The molecule has 1 aliphatic heterocycles. The lowest BCUT2D eigenvalue weighted by Gasteiger charge is -2.42. The Kier molecular flexibility index (Phi) is 7.29. The molecule has 22 heavy (non-hydrogen) atoms. The first-order valence-electron chi connectivity index (χ1n) is 8.06. The molecule has 0 spiro atoms. The monoisotopic (exact) mass is 314 g/mol. The normalized spacial score (nSPS) is 24.1. The molecule has 0 aromatic carbocycles. The minimum absolute atomic E-state index is 0.00859. The highest BCUT2D eigenvalue weighted by atomic mass is 16.5. The standard InChI is InChI=1S/C16H30N2O4/c1-7-21-14(19)10-17(6)16(20)15(11(2)3)18-8-12(4)22-13(5)9-18/h11-13,15H,7-10H2,1-6H3. The largest absolute Gasteiger partial charge is 0.465 e. The maximum Gasteiger partial charge on any atom is 0.325 e. The second kappa shape index (κ2) is 8.48. The van der Waals surface area contributed by atoms with Gasteiger partial charge in [-0.3, -0.25) is 14.5 Å². The third-order valence-corrected chi connectivity index (χ3v) is 3.77. The number of likely N-dealkylation sites (N-methyl/N-ethyl adjacent to an activating group) is 1. The highest BCUT2D eigenvalue weighted by Gasteiger charge is 2.35. The fourth-order valence-electron chi connectivity index (χ4n) is 3.01. The topological polar surface area (TPSA) is 59.1 Å². The summed E-state index contributed by atoms with van der Waals surface area (Å²) in [5.41, 5.74) is 0. The third-order valence-electron chi connectivity index (χ3n) is 3.77. The van der Waals surface area contributed by atoms with Crippen LogP contribution in [0, 0.1) is 5.92 Å². The molecule has 0 saturated carbocycles. The van der Waals surface area contributed by atoms with Crippen LogP contribution in [0.5, 0.6) is 0 Å². The summed E-state index contributed by atoms with van der Waals surface area (Å²) in [4.78, 5) is 28.0. The van der Waals surface area contributed by atoms with Gasteiger partial charge in [0.05, 0.1) is 24.9 Å². The van der Waals surface area contributed by atoms with E-state index in [-0.39, 0.29) is 42.6 Å². The lowest BCUT2D eigenvalue weighted by atomic mass is 9.99. The van der Waals surface area contributed by atoms with Crippen molar-refractivity contribution >= 4 is 11.9 Å². The molecule has 0 aromatic rings. The van der Waals surface area contributed by atoms with Crippen LogP contribution in [0.2, 0.25) is 0 Å². The van der Waals surface area contributed by atoms with Gasteiger partial charge in [-0.15, -0.1) is 0 Å². The highest BCUT2D eigenvalue weighted by molar-refractivity contribution is 5.85. The van der Waals surface area contributed by atoms with E-state index >= 15 is 0 Å². The van der Waals surface area contributed by atoms with E-state index in [4.69, 9.17) is 9.47 Å². The van der Waals surface area contributed by atoms with Gasteiger partial charge < -0.3 is 14.4 Å². The van der Waals surface area contributed by atoms with Crippen LogP contribution < -0.4 is 0 Å². The molecule has 128 valence electrons. The van der Waals surface area contributed by atoms with Gasteiger partial charge in [0.15, 0.2) is 0 Å². The number of rotatable bonds is 6. The maximum atomic E-state index is 12.8. The predicted molar refractivity (Wildman–Crippen MR) is 84.5 cm³/mol. The van der Waals surface area contributed by atoms with Gasteiger partial charge in [0.25, 0.3) is 0 Å². The first-order chi connectivity index (χ1) is 10.3. The lowest BCUT2D eigenvalue weighted by molar-refractivity contribution is -0.153. The van der Waals surface area contributed by atoms with Crippen molar-refractivity contribution in [3.63, 3.8) is 0 Å². The molecule has 0 aliphatic carbocycles. The van der Waals surface area contributed by atoms with Crippen molar-refractivity contribution in [2.45, 2.75) is 52.9 Å². The van der Waals surface area contributed by atoms with Gasteiger partial charge in [-0.25, -0.2) is 0 Å². The first kappa shape index (κ1) is 18.9. The smallest absolute Gasteiger partial charge is 0.325 e. The van der Waals surface area contributed by atoms with E-state index in [0.29, 0.717) is 6.61 Å². The van der Waals surface area contributed by atoms with Crippen LogP contribution in [0.3, 0.4) is 0 Å². The molecule has 1 aliphatic rings. The van der Waals surface area contributed by atoms with Crippen LogP contribution >= 0.6 is 0 Å². The lowest BCUT2D eigenvalue weighted by Crippen LogP contribution is -2.57. The summed E-state index contributed by atoms with van der Waals surface area (Å²) in [5.74, 6) is -0.247. The zero-order chi connectivity index (χ0) is 16.9. The fraction of sp³-hybridized carbons (Fsp3) is 0.875. The van der Waals surface area contributed by atoms with Gasteiger partial charge in [0, 0.05) is 20.1 Å². The zero-order valence-electron chi connectivity index (χ0n) is 14.7. The van der Waals surface area contributed by atoms with E-state index in [2.05, 4.69) is 4.90 Å². The van der Waals surface area contributed by atoms with Crippen molar-refractivity contribution in [1.82, 2.24) is 9.80 Å². The van der Waals surface area contributed by atoms with Crippen LogP contribution in [0.25, 0.3) is 0 Å². The minimum atomic E-state index is -0.371. The first-order valence-corrected chi connectivity index (χ1v) is 8.06. The maximum absolute atomic E-state index is 12.8. The van der Waals surface area contributed by atoms with Crippen LogP contribution in [0.4, 0.5) is 0 Å². The summed E-state index contributed by atoms with van der Waals surface area (Å²) in [5, 5.41) is 0. The molecule has 6 nitrogen and oxygen atoms in total. The second-order valence-electron chi connectivity index (χ2n) is 6.40. The second-order valence-corrected chi connectivity index (χ2v) is 6.40. The van der Waals surface area contributed by atoms with Crippen LogP contribution in [0.15, 0.2) is 0 Å². The Bertz CT molecular complexity index is 376. The van der Waals surface area contributed by atoms with Crippen molar-refractivity contribution < 1.29 is 19.1 Å². The SMILES string of the molecule is CCOC(=O)CN(C)C(=O)C(C(C)C)N1CC(C)OC(C)C1. The van der Waals surface area contributed by atoms with Crippen molar-refractivity contribution in [1.29, 1.82) is 0 Å². The average Bonchev–Trinajstić information content (AvgIpc) is 2.37. The molecule has 1 amide bonds. The number of amides is 1. The van der Waals surface area contributed by atoms with Gasteiger partial charge >= 0.3 is 5.97 Å². The summed E-state index contributed by atoms with van der Waals surface area (Å²) in [6.07, 6.45) is 0.210. The number of carbonyl (C=O) groups is 2. The number of morpholine rings is 1. The molecular weight excluding hydrogens is 284 g/mol. The number of nitrogens with zero attached hydrogens (tertiary/aromatic N) is 2. The number of carbonyl (C=O) groups excluding carboxylic acids is 2. The summed E-state index contributed by atoms with van der Waals surface area (Å²) in [7, 11) is 1.65. The molecule has 1 fully saturated rings. The molecular formula is C16H30N2O4. The molecule has 0 bridgehead atoms. The van der Waals surface area contributed by atoms with E-state index in [1.54, 1.807) is 14.0 Å². The molecule has 1 saturated heterocycles. The zero-order valence-corrected chi connectivity index (χ0v) is 14.7. The summed E-state index contributed by atoms with van der Waals surface area (Å²) in [6.45, 7) is 11.6. The molecule has 6 heteroatoms. The van der Waals surface area contributed by atoms with Crippen LogP contribution in [-0.2, 0) is 19.1 Å². The molecule has 1 heterocycles.